The Morgan fingerprint density at radius 2 is 1.96 bits per heavy atom. The molecule has 2 amide bonds. The van der Waals surface area contributed by atoms with Crippen molar-refractivity contribution in [2.75, 3.05) is 16.9 Å². The first-order chi connectivity index (χ1) is 12.6. The number of fused-ring (bicyclic) bond motifs is 1. The standard InChI is InChI=1S/C19H19N3O2S2/c1-3-17(23)22-19-21-15-8-7-12(9-16(15)26-19)10-18(24)20-13-5-4-6-14(11-13)25-2/h4-9,11H,3,10H2,1-2H3,(H,20,24)(H,21,22,23). The van der Waals surface area contributed by atoms with Crippen molar-refractivity contribution in [1.82, 2.24) is 4.98 Å². The Balaban J connectivity index is 1.69. The van der Waals surface area contributed by atoms with E-state index in [2.05, 4.69) is 15.6 Å². The van der Waals surface area contributed by atoms with Gasteiger partial charge in [0.2, 0.25) is 11.8 Å². The van der Waals surface area contributed by atoms with Crippen LogP contribution in [0.3, 0.4) is 0 Å². The fourth-order valence-electron chi connectivity index (χ4n) is 2.43. The van der Waals surface area contributed by atoms with Gasteiger partial charge in [-0.05, 0) is 42.2 Å². The van der Waals surface area contributed by atoms with E-state index >= 15 is 0 Å². The van der Waals surface area contributed by atoms with Crippen molar-refractivity contribution in [3.8, 4) is 0 Å². The minimum absolute atomic E-state index is 0.0591. The summed E-state index contributed by atoms with van der Waals surface area (Å²) in [7, 11) is 0. The predicted molar refractivity (Wildman–Crippen MR) is 109 cm³/mol. The summed E-state index contributed by atoms with van der Waals surface area (Å²) in [5.74, 6) is -0.122. The van der Waals surface area contributed by atoms with E-state index < -0.39 is 0 Å². The molecule has 0 aliphatic carbocycles. The SMILES string of the molecule is CCC(=O)Nc1nc2ccc(CC(=O)Nc3cccc(SC)c3)cc2s1. The van der Waals surface area contributed by atoms with E-state index in [0.29, 0.717) is 11.6 Å². The topological polar surface area (TPSA) is 71.1 Å². The van der Waals surface area contributed by atoms with Crippen molar-refractivity contribution in [3.05, 3.63) is 48.0 Å². The number of anilines is 2. The van der Waals surface area contributed by atoms with Crippen LogP contribution in [0, 0.1) is 0 Å². The number of thiazole rings is 1. The minimum Gasteiger partial charge on any atom is -0.326 e. The van der Waals surface area contributed by atoms with Gasteiger partial charge in [0, 0.05) is 17.0 Å². The molecule has 3 aromatic rings. The number of benzene rings is 2. The van der Waals surface area contributed by atoms with Gasteiger partial charge in [-0.1, -0.05) is 30.4 Å². The quantitative estimate of drug-likeness (QED) is 0.611. The number of carbonyl (C=O) groups is 2. The zero-order chi connectivity index (χ0) is 18.5. The first-order valence-electron chi connectivity index (χ1n) is 8.20. The number of nitrogens with zero attached hydrogens (tertiary/aromatic N) is 1. The molecule has 3 rings (SSSR count). The van der Waals surface area contributed by atoms with E-state index in [1.165, 1.54) is 11.3 Å². The summed E-state index contributed by atoms with van der Waals surface area (Å²) >= 11 is 3.05. The maximum Gasteiger partial charge on any atom is 0.228 e. The third-order valence-corrected chi connectivity index (χ3v) is 5.40. The molecule has 0 spiro atoms. The lowest BCUT2D eigenvalue weighted by Gasteiger charge is -2.06. The summed E-state index contributed by atoms with van der Waals surface area (Å²) in [6.07, 6.45) is 2.70. The van der Waals surface area contributed by atoms with Crippen LogP contribution in [0.15, 0.2) is 47.4 Å². The average Bonchev–Trinajstić information content (AvgIpc) is 3.03. The average molecular weight is 386 g/mol. The number of rotatable bonds is 6. The van der Waals surface area contributed by atoms with Gasteiger partial charge in [0.05, 0.1) is 16.6 Å². The van der Waals surface area contributed by atoms with Crippen molar-refractivity contribution in [3.63, 3.8) is 0 Å². The van der Waals surface area contributed by atoms with Crippen molar-refractivity contribution in [2.24, 2.45) is 0 Å². The van der Waals surface area contributed by atoms with Crippen LogP contribution < -0.4 is 10.6 Å². The van der Waals surface area contributed by atoms with Crippen molar-refractivity contribution in [1.29, 1.82) is 0 Å². The van der Waals surface area contributed by atoms with E-state index in [9.17, 15) is 9.59 Å². The molecular formula is C19H19N3O2S2. The molecule has 0 atom stereocenters. The molecule has 1 aromatic heterocycles. The highest BCUT2D eigenvalue weighted by Crippen LogP contribution is 2.27. The third-order valence-electron chi connectivity index (χ3n) is 3.74. The van der Waals surface area contributed by atoms with Gasteiger partial charge in [0.15, 0.2) is 5.13 Å². The second-order valence-electron chi connectivity index (χ2n) is 5.68. The molecule has 0 bridgehead atoms. The maximum atomic E-state index is 12.3. The molecule has 26 heavy (non-hydrogen) atoms. The van der Waals surface area contributed by atoms with E-state index in [0.717, 1.165) is 26.4 Å². The summed E-state index contributed by atoms with van der Waals surface area (Å²) in [5.41, 5.74) is 2.52. The number of thioether (sulfide) groups is 1. The molecule has 0 saturated carbocycles. The second-order valence-corrected chi connectivity index (χ2v) is 7.59. The summed E-state index contributed by atoms with van der Waals surface area (Å²) < 4.78 is 0.950. The maximum absolute atomic E-state index is 12.3. The predicted octanol–water partition coefficient (Wildman–Crippen LogP) is 4.55. The lowest BCUT2D eigenvalue weighted by Crippen LogP contribution is -2.14. The normalized spacial score (nSPS) is 10.7. The van der Waals surface area contributed by atoms with Crippen LogP contribution in [0.25, 0.3) is 10.2 Å². The highest BCUT2D eigenvalue weighted by molar-refractivity contribution is 7.98. The molecule has 134 valence electrons. The van der Waals surface area contributed by atoms with Crippen molar-refractivity contribution in [2.45, 2.75) is 24.7 Å². The first-order valence-corrected chi connectivity index (χ1v) is 10.2. The van der Waals surface area contributed by atoms with Crippen LogP contribution in [-0.2, 0) is 16.0 Å². The van der Waals surface area contributed by atoms with Gasteiger partial charge in [-0.25, -0.2) is 4.98 Å². The molecule has 2 aromatic carbocycles. The molecule has 0 radical (unpaired) electrons. The fraction of sp³-hybridized carbons (Fsp3) is 0.211. The van der Waals surface area contributed by atoms with E-state index in [1.54, 1.807) is 18.7 Å². The van der Waals surface area contributed by atoms with Crippen LogP contribution >= 0.6 is 23.1 Å². The molecule has 7 heteroatoms. The third kappa shape index (κ3) is 4.62. The van der Waals surface area contributed by atoms with Gasteiger partial charge < -0.3 is 10.6 Å². The largest absolute Gasteiger partial charge is 0.326 e. The Labute approximate surface area is 160 Å². The van der Waals surface area contributed by atoms with Crippen LogP contribution in [0.5, 0.6) is 0 Å². The minimum atomic E-state index is -0.0633. The van der Waals surface area contributed by atoms with E-state index in [-0.39, 0.29) is 18.2 Å². The molecule has 0 aliphatic heterocycles. The van der Waals surface area contributed by atoms with Gasteiger partial charge in [-0.3, -0.25) is 9.59 Å². The molecular weight excluding hydrogens is 366 g/mol. The number of hydrogen-bond donors (Lipinski definition) is 2. The Hall–Kier alpha value is -2.38. The van der Waals surface area contributed by atoms with Crippen molar-refractivity contribution < 1.29 is 9.59 Å². The lowest BCUT2D eigenvalue weighted by molar-refractivity contribution is -0.116. The summed E-state index contributed by atoms with van der Waals surface area (Å²) in [6, 6.07) is 13.5. The summed E-state index contributed by atoms with van der Waals surface area (Å²) in [6.45, 7) is 1.80. The fourth-order valence-corrected chi connectivity index (χ4v) is 3.84. The van der Waals surface area contributed by atoms with Crippen LogP contribution in [0.1, 0.15) is 18.9 Å². The van der Waals surface area contributed by atoms with E-state index in [1.807, 2.05) is 48.7 Å². The van der Waals surface area contributed by atoms with Gasteiger partial charge >= 0.3 is 0 Å². The zero-order valence-electron chi connectivity index (χ0n) is 14.5. The van der Waals surface area contributed by atoms with Gasteiger partial charge in [0.25, 0.3) is 0 Å². The highest BCUT2D eigenvalue weighted by atomic mass is 32.2. The number of carbonyl (C=O) groups excluding carboxylic acids is 2. The number of hydrogen-bond acceptors (Lipinski definition) is 5. The Kier molecular flexibility index (Phi) is 5.90. The Bertz CT molecular complexity index is 953. The number of nitrogens with one attached hydrogen (secondary N) is 2. The molecule has 0 fully saturated rings. The monoisotopic (exact) mass is 385 g/mol. The zero-order valence-corrected chi connectivity index (χ0v) is 16.2. The molecule has 5 nitrogen and oxygen atoms in total. The molecule has 0 aliphatic rings. The lowest BCUT2D eigenvalue weighted by atomic mass is 10.1. The van der Waals surface area contributed by atoms with Crippen LogP contribution in [-0.4, -0.2) is 23.1 Å². The summed E-state index contributed by atoms with van der Waals surface area (Å²) in [4.78, 5) is 29.3. The second kappa shape index (κ2) is 8.33. The van der Waals surface area contributed by atoms with Gasteiger partial charge in [0.1, 0.15) is 0 Å². The van der Waals surface area contributed by atoms with Crippen molar-refractivity contribution >= 4 is 55.9 Å². The number of aromatic nitrogens is 1. The highest BCUT2D eigenvalue weighted by Gasteiger charge is 2.09. The van der Waals surface area contributed by atoms with Crippen LogP contribution in [0.4, 0.5) is 10.8 Å². The Morgan fingerprint density at radius 3 is 2.73 bits per heavy atom. The molecule has 1 heterocycles. The Morgan fingerprint density at radius 1 is 1.12 bits per heavy atom. The number of amides is 2. The first kappa shape index (κ1) is 18.4. The molecule has 0 saturated heterocycles. The molecule has 0 unspecified atom stereocenters. The smallest absolute Gasteiger partial charge is 0.228 e. The van der Waals surface area contributed by atoms with Gasteiger partial charge in [-0.15, -0.1) is 11.8 Å². The van der Waals surface area contributed by atoms with E-state index in [4.69, 9.17) is 0 Å². The van der Waals surface area contributed by atoms with Crippen LogP contribution in [0.2, 0.25) is 0 Å². The van der Waals surface area contributed by atoms with Gasteiger partial charge in [-0.2, -0.15) is 0 Å². The summed E-state index contributed by atoms with van der Waals surface area (Å²) in [5, 5.41) is 6.29. The molecule has 2 N–H and O–H groups in total.